The summed E-state index contributed by atoms with van der Waals surface area (Å²) in [5.41, 5.74) is 2.64. The highest BCUT2D eigenvalue weighted by Gasteiger charge is 2.22. The SMILES string of the molecule is CCCCNC(=O)N[C@H]1CCc2ccccc21. The van der Waals surface area contributed by atoms with Gasteiger partial charge in [0, 0.05) is 6.54 Å². The van der Waals surface area contributed by atoms with Crippen LogP contribution in [0.2, 0.25) is 0 Å². The number of aryl methyl sites for hydroxylation is 1. The molecule has 0 heterocycles. The largest absolute Gasteiger partial charge is 0.338 e. The zero-order valence-corrected chi connectivity index (χ0v) is 10.3. The first-order valence-corrected chi connectivity index (χ1v) is 6.43. The fraction of sp³-hybridized carbons (Fsp3) is 0.500. The molecule has 0 saturated heterocycles. The van der Waals surface area contributed by atoms with Gasteiger partial charge in [-0.1, -0.05) is 37.6 Å². The van der Waals surface area contributed by atoms with Crippen molar-refractivity contribution in [3.05, 3.63) is 35.4 Å². The van der Waals surface area contributed by atoms with Gasteiger partial charge in [-0.05, 0) is 30.4 Å². The molecule has 3 heteroatoms. The molecule has 0 saturated carbocycles. The average molecular weight is 232 g/mol. The first-order valence-electron chi connectivity index (χ1n) is 6.43. The van der Waals surface area contributed by atoms with Crippen LogP contribution in [0, 0.1) is 0 Å². The molecule has 2 amide bonds. The molecule has 0 bridgehead atoms. The zero-order chi connectivity index (χ0) is 12.1. The summed E-state index contributed by atoms with van der Waals surface area (Å²) in [6.45, 7) is 2.88. The number of amides is 2. The maximum atomic E-state index is 11.7. The Morgan fingerprint density at radius 3 is 3.06 bits per heavy atom. The van der Waals surface area contributed by atoms with Gasteiger partial charge in [-0.3, -0.25) is 0 Å². The van der Waals surface area contributed by atoms with Crippen molar-refractivity contribution in [1.29, 1.82) is 0 Å². The van der Waals surface area contributed by atoms with E-state index in [4.69, 9.17) is 0 Å². The Labute approximate surface area is 103 Å². The Kier molecular flexibility index (Phi) is 4.02. The molecule has 1 aromatic carbocycles. The molecule has 1 aromatic rings. The standard InChI is InChI=1S/C14H20N2O/c1-2-3-10-15-14(17)16-13-9-8-11-6-4-5-7-12(11)13/h4-7,13H,2-3,8-10H2,1H3,(H2,15,16,17)/t13-/m0/s1. The summed E-state index contributed by atoms with van der Waals surface area (Å²) < 4.78 is 0. The molecule has 17 heavy (non-hydrogen) atoms. The van der Waals surface area contributed by atoms with Crippen LogP contribution < -0.4 is 10.6 Å². The summed E-state index contributed by atoms with van der Waals surface area (Å²) in [5.74, 6) is 0. The van der Waals surface area contributed by atoms with Crippen molar-refractivity contribution in [3.63, 3.8) is 0 Å². The van der Waals surface area contributed by atoms with Crippen LogP contribution >= 0.6 is 0 Å². The summed E-state index contributed by atoms with van der Waals surface area (Å²) in [4.78, 5) is 11.7. The van der Waals surface area contributed by atoms with Gasteiger partial charge in [0.05, 0.1) is 6.04 Å². The zero-order valence-electron chi connectivity index (χ0n) is 10.3. The molecular weight excluding hydrogens is 212 g/mol. The number of carbonyl (C=O) groups excluding carboxylic acids is 1. The number of urea groups is 1. The fourth-order valence-corrected chi connectivity index (χ4v) is 2.30. The van der Waals surface area contributed by atoms with E-state index in [-0.39, 0.29) is 12.1 Å². The van der Waals surface area contributed by atoms with Gasteiger partial charge < -0.3 is 10.6 Å². The van der Waals surface area contributed by atoms with E-state index in [0.717, 1.165) is 32.2 Å². The van der Waals surface area contributed by atoms with Gasteiger partial charge in [-0.15, -0.1) is 0 Å². The minimum absolute atomic E-state index is 0.0415. The predicted molar refractivity (Wildman–Crippen MR) is 68.9 cm³/mol. The molecule has 0 aliphatic heterocycles. The second-order valence-corrected chi connectivity index (χ2v) is 4.54. The maximum absolute atomic E-state index is 11.7. The van der Waals surface area contributed by atoms with Gasteiger partial charge in [-0.2, -0.15) is 0 Å². The molecule has 0 unspecified atom stereocenters. The first-order chi connectivity index (χ1) is 8.31. The van der Waals surface area contributed by atoms with Crippen molar-refractivity contribution in [2.24, 2.45) is 0 Å². The van der Waals surface area contributed by atoms with E-state index in [1.54, 1.807) is 0 Å². The molecule has 2 rings (SSSR count). The van der Waals surface area contributed by atoms with E-state index < -0.39 is 0 Å². The van der Waals surface area contributed by atoms with Gasteiger partial charge in [0.2, 0.25) is 0 Å². The Balaban J connectivity index is 1.87. The van der Waals surface area contributed by atoms with Crippen LogP contribution in [-0.4, -0.2) is 12.6 Å². The Morgan fingerprint density at radius 1 is 1.41 bits per heavy atom. The van der Waals surface area contributed by atoms with E-state index in [0.29, 0.717) is 0 Å². The van der Waals surface area contributed by atoms with Crippen molar-refractivity contribution in [2.75, 3.05) is 6.54 Å². The highest BCUT2D eigenvalue weighted by atomic mass is 16.2. The van der Waals surface area contributed by atoms with Crippen LogP contribution in [0.25, 0.3) is 0 Å². The molecule has 0 radical (unpaired) electrons. The molecule has 1 atom stereocenters. The number of benzene rings is 1. The summed E-state index contributed by atoms with van der Waals surface area (Å²) in [5, 5.41) is 5.94. The quantitative estimate of drug-likeness (QED) is 0.770. The van der Waals surface area contributed by atoms with E-state index in [1.165, 1.54) is 11.1 Å². The lowest BCUT2D eigenvalue weighted by Gasteiger charge is -2.14. The third-order valence-electron chi connectivity index (χ3n) is 3.25. The highest BCUT2D eigenvalue weighted by Crippen LogP contribution is 2.30. The van der Waals surface area contributed by atoms with Crippen molar-refractivity contribution in [1.82, 2.24) is 10.6 Å². The van der Waals surface area contributed by atoms with Gasteiger partial charge in [0.1, 0.15) is 0 Å². The highest BCUT2D eigenvalue weighted by molar-refractivity contribution is 5.74. The van der Waals surface area contributed by atoms with Crippen LogP contribution in [0.5, 0.6) is 0 Å². The van der Waals surface area contributed by atoms with Crippen LogP contribution in [-0.2, 0) is 6.42 Å². The molecule has 0 aromatic heterocycles. The van der Waals surface area contributed by atoms with E-state index in [9.17, 15) is 4.79 Å². The number of rotatable bonds is 4. The number of unbranched alkanes of at least 4 members (excludes halogenated alkanes) is 1. The maximum Gasteiger partial charge on any atom is 0.315 e. The van der Waals surface area contributed by atoms with Gasteiger partial charge in [0.25, 0.3) is 0 Å². The summed E-state index contributed by atoms with van der Waals surface area (Å²) in [6, 6.07) is 8.50. The summed E-state index contributed by atoms with van der Waals surface area (Å²) in [6.07, 6.45) is 4.22. The number of fused-ring (bicyclic) bond motifs is 1. The number of hydrogen-bond acceptors (Lipinski definition) is 1. The average Bonchev–Trinajstić information content (AvgIpc) is 2.73. The number of nitrogens with one attached hydrogen (secondary N) is 2. The minimum atomic E-state index is -0.0415. The van der Waals surface area contributed by atoms with Crippen LogP contribution in [0.3, 0.4) is 0 Å². The lowest BCUT2D eigenvalue weighted by Crippen LogP contribution is -2.37. The molecule has 2 N–H and O–H groups in total. The third-order valence-corrected chi connectivity index (χ3v) is 3.25. The van der Waals surface area contributed by atoms with Gasteiger partial charge in [-0.25, -0.2) is 4.79 Å². The van der Waals surface area contributed by atoms with E-state index >= 15 is 0 Å². The molecular formula is C14H20N2O. The van der Waals surface area contributed by atoms with Crippen LogP contribution in [0.15, 0.2) is 24.3 Å². The van der Waals surface area contributed by atoms with Crippen molar-refractivity contribution in [2.45, 2.75) is 38.6 Å². The van der Waals surface area contributed by atoms with Crippen LogP contribution in [0.4, 0.5) is 4.79 Å². The minimum Gasteiger partial charge on any atom is -0.338 e. The Bertz CT molecular complexity index is 390. The molecule has 92 valence electrons. The molecule has 1 aliphatic carbocycles. The van der Waals surface area contributed by atoms with E-state index in [1.807, 2.05) is 6.07 Å². The molecule has 1 aliphatic rings. The van der Waals surface area contributed by atoms with Gasteiger partial charge >= 0.3 is 6.03 Å². The Morgan fingerprint density at radius 2 is 2.24 bits per heavy atom. The normalized spacial score (nSPS) is 17.6. The topological polar surface area (TPSA) is 41.1 Å². The van der Waals surface area contributed by atoms with Crippen LogP contribution in [0.1, 0.15) is 43.4 Å². The number of carbonyl (C=O) groups is 1. The second kappa shape index (κ2) is 5.71. The van der Waals surface area contributed by atoms with Gasteiger partial charge in [0.15, 0.2) is 0 Å². The number of hydrogen-bond donors (Lipinski definition) is 2. The summed E-state index contributed by atoms with van der Waals surface area (Å²) in [7, 11) is 0. The third kappa shape index (κ3) is 2.99. The second-order valence-electron chi connectivity index (χ2n) is 4.54. The Hall–Kier alpha value is -1.51. The van der Waals surface area contributed by atoms with Crippen molar-refractivity contribution < 1.29 is 4.79 Å². The predicted octanol–water partition coefficient (Wildman–Crippen LogP) is 2.77. The van der Waals surface area contributed by atoms with Crippen molar-refractivity contribution in [3.8, 4) is 0 Å². The lowest BCUT2D eigenvalue weighted by atomic mass is 10.1. The smallest absolute Gasteiger partial charge is 0.315 e. The first kappa shape index (κ1) is 12.0. The molecule has 3 nitrogen and oxygen atoms in total. The lowest BCUT2D eigenvalue weighted by molar-refractivity contribution is 0.237. The fourth-order valence-electron chi connectivity index (χ4n) is 2.30. The van der Waals surface area contributed by atoms with Crippen molar-refractivity contribution >= 4 is 6.03 Å². The monoisotopic (exact) mass is 232 g/mol. The van der Waals surface area contributed by atoms with E-state index in [2.05, 4.69) is 35.8 Å². The molecule has 0 fully saturated rings. The summed E-state index contributed by atoms with van der Waals surface area (Å²) >= 11 is 0. The molecule has 0 spiro atoms.